The van der Waals surface area contributed by atoms with Crippen LogP contribution in [-0.2, 0) is 11.0 Å². The number of piperazine rings is 1. The summed E-state index contributed by atoms with van der Waals surface area (Å²) in [6.45, 7) is 2.67. The number of aldehydes is 1. The minimum absolute atomic E-state index is 0.0240. The van der Waals surface area contributed by atoms with Crippen LogP contribution in [0.15, 0.2) is 36.8 Å². The van der Waals surface area contributed by atoms with Crippen LogP contribution in [0.25, 0.3) is 22.2 Å². The van der Waals surface area contributed by atoms with E-state index in [1.807, 2.05) is 4.90 Å². The molecule has 0 unspecified atom stereocenters. The van der Waals surface area contributed by atoms with Gasteiger partial charge < -0.3 is 15.5 Å². The number of pyridine rings is 1. The maximum absolute atomic E-state index is 14.2. The molecule has 2 aliphatic rings. The number of anilines is 2. The molecule has 0 atom stereocenters. The second-order valence-corrected chi connectivity index (χ2v) is 9.09. The minimum Gasteiger partial charge on any atom is -0.384 e. The van der Waals surface area contributed by atoms with Gasteiger partial charge in [-0.3, -0.25) is 4.79 Å². The molecule has 11 heteroatoms. The molecule has 3 aromatic rings. The highest BCUT2D eigenvalue weighted by molar-refractivity contribution is 6.34. The third-order valence-electron chi connectivity index (χ3n) is 6.32. The fraction of sp³-hybridized carbons (Fsp3) is 0.333. The summed E-state index contributed by atoms with van der Waals surface area (Å²) in [5.74, 6) is 0.498. The third kappa shape index (κ3) is 4.62. The summed E-state index contributed by atoms with van der Waals surface area (Å²) in [5, 5.41) is 0.754. The van der Waals surface area contributed by atoms with Gasteiger partial charge in [-0.2, -0.15) is 13.2 Å². The first-order valence-electron chi connectivity index (χ1n) is 11.2. The summed E-state index contributed by atoms with van der Waals surface area (Å²) in [5.41, 5.74) is 5.62. The smallest absolute Gasteiger partial charge is 0.384 e. The van der Waals surface area contributed by atoms with Crippen molar-refractivity contribution in [1.82, 2.24) is 19.9 Å². The fourth-order valence-electron chi connectivity index (χ4n) is 4.53. The van der Waals surface area contributed by atoms with Crippen molar-refractivity contribution in [1.29, 1.82) is 0 Å². The zero-order chi connectivity index (χ0) is 24.7. The molecule has 0 amide bonds. The molecule has 1 aliphatic heterocycles. The van der Waals surface area contributed by atoms with E-state index >= 15 is 0 Å². The van der Waals surface area contributed by atoms with Crippen LogP contribution in [0.3, 0.4) is 0 Å². The topological polar surface area (TPSA) is 88.2 Å². The molecule has 2 fully saturated rings. The van der Waals surface area contributed by atoms with Crippen LogP contribution >= 0.6 is 11.6 Å². The molecule has 3 heterocycles. The van der Waals surface area contributed by atoms with Gasteiger partial charge in [0.15, 0.2) is 0 Å². The first kappa shape index (κ1) is 23.3. The van der Waals surface area contributed by atoms with E-state index in [2.05, 4.69) is 19.9 Å². The molecule has 0 radical (unpaired) electrons. The van der Waals surface area contributed by atoms with Gasteiger partial charge in [0.2, 0.25) is 0 Å². The third-order valence-corrected chi connectivity index (χ3v) is 6.63. The molecule has 7 nitrogen and oxygen atoms in total. The Labute approximate surface area is 204 Å². The molecule has 1 saturated carbocycles. The summed E-state index contributed by atoms with van der Waals surface area (Å²) in [6, 6.07) is 4.45. The number of hydrogen-bond donors (Lipinski definition) is 1. The second-order valence-electron chi connectivity index (χ2n) is 8.68. The maximum atomic E-state index is 14.2. The molecule has 5 rings (SSSR count). The minimum atomic E-state index is -4.61. The highest BCUT2D eigenvalue weighted by Gasteiger charge is 2.42. The Morgan fingerprint density at radius 1 is 1.09 bits per heavy atom. The summed E-state index contributed by atoms with van der Waals surface area (Å²) in [6.07, 6.45) is 2.08. The van der Waals surface area contributed by atoms with Gasteiger partial charge in [0.1, 0.15) is 24.2 Å². The van der Waals surface area contributed by atoms with Crippen LogP contribution < -0.4 is 10.6 Å². The van der Waals surface area contributed by atoms with E-state index in [1.54, 1.807) is 12.3 Å². The lowest BCUT2D eigenvalue weighted by Gasteiger charge is -2.35. The van der Waals surface area contributed by atoms with Gasteiger partial charge in [0.25, 0.3) is 0 Å². The molecule has 35 heavy (non-hydrogen) atoms. The Bertz CT molecular complexity index is 1320. The van der Waals surface area contributed by atoms with Crippen molar-refractivity contribution in [3.63, 3.8) is 0 Å². The Morgan fingerprint density at radius 2 is 1.83 bits per heavy atom. The predicted octanol–water partition coefficient (Wildman–Crippen LogP) is 4.66. The number of benzene rings is 1. The average molecular weight is 503 g/mol. The van der Waals surface area contributed by atoms with Gasteiger partial charge >= 0.3 is 6.18 Å². The first-order valence-corrected chi connectivity index (χ1v) is 11.6. The van der Waals surface area contributed by atoms with E-state index in [4.69, 9.17) is 17.3 Å². The number of nitrogen functional groups attached to an aromatic ring is 1. The van der Waals surface area contributed by atoms with Crippen molar-refractivity contribution in [2.75, 3.05) is 36.8 Å². The fourth-order valence-corrected chi connectivity index (χ4v) is 4.78. The quantitative estimate of drug-likeness (QED) is 0.401. The van der Waals surface area contributed by atoms with Crippen LogP contribution in [0.5, 0.6) is 0 Å². The number of aromatic nitrogens is 3. The normalized spacial score (nSPS) is 16.9. The molecule has 1 aromatic carbocycles. The predicted molar refractivity (Wildman–Crippen MR) is 128 cm³/mol. The number of nitrogens with zero attached hydrogens (tertiary/aromatic N) is 5. The van der Waals surface area contributed by atoms with Crippen molar-refractivity contribution in [3.8, 4) is 11.3 Å². The van der Waals surface area contributed by atoms with Crippen molar-refractivity contribution < 1.29 is 18.0 Å². The van der Waals surface area contributed by atoms with Crippen molar-refractivity contribution >= 4 is 40.4 Å². The van der Waals surface area contributed by atoms with Crippen LogP contribution in [0, 0.1) is 0 Å². The number of rotatable bonds is 5. The monoisotopic (exact) mass is 502 g/mol. The highest BCUT2D eigenvalue weighted by atomic mass is 35.5. The van der Waals surface area contributed by atoms with Crippen molar-refractivity contribution in [3.05, 3.63) is 53.0 Å². The van der Waals surface area contributed by atoms with Crippen molar-refractivity contribution in [2.24, 2.45) is 0 Å². The van der Waals surface area contributed by atoms with Crippen LogP contribution in [-0.4, -0.2) is 52.3 Å². The zero-order valence-corrected chi connectivity index (χ0v) is 19.4. The highest BCUT2D eigenvalue weighted by Crippen LogP contribution is 2.50. The standard InChI is InChI=1S/C24H22ClF3N6O/c25-18-10-17-19(30-13-31-23(17)34-7-5-33(6-8-34)4-1-9-35)11-16(18)22-21(24(26,27)28)15(14-2-3-14)12-20(29)32-22/h1,4,9-14H,2-3,5-8H2,(H2,29,32). The number of allylic oxidation sites excluding steroid dienone is 1. The summed E-state index contributed by atoms with van der Waals surface area (Å²) < 4.78 is 42.6. The number of fused-ring (bicyclic) bond motifs is 1. The molecule has 1 aliphatic carbocycles. The first-order chi connectivity index (χ1) is 16.8. The average Bonchev–Trinajstić information content (AvgIpc) is 3.66. The van der Waals surface area contributed by atoms with E-state index in [0.29, 0.717) is 55.7 Å². The molecule has 0 spiro atoms. The van der Waals surface area contributed by atoms with Gasteiger partial charge in [0.05, 0.1) is 21.8 Å². The van der Waals surface area contributed by atoms with Crippen LogP contribution in [0.2, 0.25) is 5.02 Å². The van der Waals surface area contributed by atoms with Gasteiger partial charge in [-0.1, -0.05) is 11.6 Å². The number of halogens is 4. The number of alkyl halides is 3. The summed E-state index contributed by atoms with van der Waals surface area (Å²) in [4.78, 5) is 27.5. The van der Waals surface area contributed by atoms with E-state index < -0.39 is 11.7 Å². The van der Waals surface area contributed by atoms with Crippen LogP contribution in [0.4, 0.5) is 24.8 Å². The molecule has 2 N–H and O–H groups in total. The van der Waals surface area contributed by atoms with Crippen molar-refractivity contribution in [2.45, 2.75) is 24.9 Å². The molecular formula is C24H22ClF3N6O. The SMILES string of the molecule is Nc1cc(C2CC2)c(C(F)(F)F)c(-c2cc3ncnc(N4CCN(C=CC=O)CC4)c3cc2Cl)n1. The molecule has 1 saturated heterocycles. The van der Waals surface area contributed by atoms with Gasteiger partial charge in [0, 0.05) is 43.3 Å². The summed E-state index contributed by atoms with van der Waals surface area (Å²) >= 11 is 6.58. The van der Waals surface area contributed by atoms with E-state index in [1.165, 1.54) is 24.5 Å². The lowest BCUT2D eigenvalue weighted by atomic mass is 9.96. The lowest BCUT2D eigenvalue weighted by molar-refractivity contribution is -0.137. The van der Waals surface area contributed by atoms with E-state index in [-0.39, 0.29) is 33.6 Å². The largest absolute Gasteiger partial charge is 0.418 e. The molecular weight excluding hydrogens is 481 g/mol. The molecule has 182 valence electrons. The second kappa shape index (κ2) is 8.99. The number of hydrogen-bond acceptors (Lipinski definition) is 7. The van der Waals surface area contributed by atoms with Gasteiger partial charge in [-0.15, -0.1) is 0 Å². The maximum Gasteiger partial charge on any atom is 0.418 e. The number of nitrogens with two attached hydrogens (primary N) is 1. The molecule has 2 aromatic heterocycles. The summed E-state index contributed by atoms with van der Waals surface area (Å²) in [7, 11) is 0. The van der Waals surface area contributed by atoms with Crippen LogP contribution in [0.1, 0.15) is 29.9 Å². The van der Waals surface area contributed by atoms with Gasteiger partial charge in [-0.25, -0.2) is 15.0 Å². The Kier molecular flexibility index (Phi) is 6.00. The van der Waals surface area contributed by atoms with E-state index in [9.17, 15) is 18.0 Å². The number of carbonyl (C=O) groups excluding carboxylic acids is 1. The zero-order valence-electron chi connectivity index (χ0n) is 18.6. The molecule has 0 bridgehead atoms. The lowest BCUT2D eigenvalue weighted by Crippen LogP contribution is -2.44. The Hall–Kier alpha value is -3.40. The Morgan fingerprint density at radius 3 is 2.49 bits per heavy atom. The van der Waals surface area contributed by atoms with Gasteiger partial charge in [-0.05, 0) is 48.6 Å². The van der Waals surface area contributed by atoms with E-state index in [0.717, 1.165) is 6.29 Å². The number of carbonyl (C=O) groups is 1. The Balaban J connectivity index is 1.57.